The van der Waals surface area contributed by atoms with E-state index in [-0.39, 0.29) is 12.5 Å². The SMILES string of the molecule is Cc1ccc(CN(C)C(=O)Cn2cc(CCCN)nn2)o1. The molecule has 2 aromatic heterocycles. The second kappa shape index (κ2) is 7.03. The number of rotatable bonds is 7. The Hall–Kier alpha value is -2.15. The molecule has 0 saturated carbocycles. The molecule has 7 heteroatoms. The van der Waals surface area contributed by atoms with Crippen LogP contribution in [-0.4, -0.2) is 39.4 Å². The van der Waals surface area contributed by atoms with Gasteiger partial charge >= 0.3 is 0 Å². The van der Waals surface area contributed by atoms with Gasteiger partial charge in [-0.3, -0.25) is 4.79 Å². The zero-order valence-electron chi connectivity index (χ0n) is 12.5. The molecule has 1 amide bonds. The summed E-state index contributed by atoms with van der Waals surface area (Å²) in [5.41, 5.74) is 6.31. The lowest BCUT2D eigenvalue weighted by Gasteiger charge is -2.15. The van der Waals surface area contributed by atoms with E-state index in [1.165, 1.54) is 0 Å². The van der Waals surface area contributed by atoms with E-state index >= 15 is 0 Å². The fourth-order valence-corrected chi connectivity index (χ4v) is 1.96. The number of nitrogens with two attached hydrogens (primary N) is 1. The molecular weight excluding hydrogens is 270 g/mol. The number of furan rings is 1. The molecule has 0 atom stereocenters. The molecule has 0 fully saturated rings. The lowest BCUT2D eigenvalue weighted by molar-refractivity contribution is -0.131. The summed E-state index contributed by atoms with van der Waals surface area (Å²) in [5, 5.41) is 7.98. The van der Waals surface area contributed by atoms with Gasteiger partial charge in [0.2, 0.25) is 5.91 Å². The minimum atomic E-state index is -0.0423. The van der Waals surface area contributed by atoms with Crippen molar-refractivity contribution >= 4 is 5.91 Å². The van der Waals surface area contributed by atoms with Crippen LogP contribution in [0.4, 0.5) is 0 Å². The number of aromatic nitrogens is 3. The minimum Gasteiger partial charge on any atom is -0.464 e. The molecular formula is C14H21N5O2. The fourth-order valence-electron chi connectivity index (χ4n) is 1.96. The Balaban J connectivity index is 1.86. The second-order valence-electron chi connectivity index (χ2n) is 5.06. The Labute approximate surface area is 123 Å². The summed E-state index contributed by atoms with van der Waals surface area (Å²) in [4.78, 5) is 13.7. The topological polar surface area (TPSA) is 90.2 Å². The first-order chi connectivity index (χ1) is 10.1. The Bertz CT molecular complexity index is 590. The number of nitrogens with zero attached hydrogens (tertiary/aromatic N) is 4. The minimum absolute atomic E-state index is 0.0423. The van der Waals surface area contributed by atoms with E-state index in [4.69, 9.17) is 10.2 Å². The zero-order chi connectivity index (χ0) is 15.2. The maximum Gasteiger partial charge on any atom is 0.244 e. The van der Waals surface area contributed by atoms with Gasteiger partial charge in [0.25, 0.3) is 0 Å². The lowest BCUT2D eigenvalue weighted by atomic mass is 10.2. The number of amides is 1. The van der Waals surface area contributed by atoms with E-state index in [2.05, 4.69) is 10.3 Å². The van der Waals surface area contributed by atoms with E-state index in [0.717, 1.165) is 30.1 Å². The largest absolute Gasteiger partial charge is 0.464 e. The first-order valence-electron chi connectivity index (χ1n) is 6.97. The maximum absolute atomic E-state index is 12.1. The molecule has 0 bridgehead atoms. The molecule has 0 aromatic carbocycles. The third-order valence-electron chi connectivity index (χ3n) is 3.14. The molecule has 0 aliphatic rings. The standard InChI is InChI=1S/C14H21N5O2/c1-11-5-6-13(21-11)9-18(2)14(20)10-19-8-12(16-17-19)4-3-7-15/h5-6,8H,3-4,7,9-10,15H2,1-2H3. The predicted molar refractivity (Wildman–Crippen MR) is 77.3 cm³/mol. The van der Waals surface area contributed by atoms with Crippen LogP contribution in [0.1, 0.15) is 23.6 Å². The molecule has 2 heterocycles. The molecule has 0 saturated heterocycles. The number of carbonyl (C=O) groups is 1. The van der Waals surface area contributed by atoms with Crippen LogP contribution >= 0.6 is 0 Å². The molecule has 7 nitrogen and oxygen atoms in total. The molecule has 114 valence electrons. The van der Waals surface area contributed by atoms with Gasteiger partial charge in [-0.05, 0) is 38.4 Å². The Kier molecular flexibility index (Phi) is 5.10. The van der Waals surface area contributed by atoms with Gasteiger partial charge < -0.3 is 15.1 Å². The van der Waals surface area contributed by atoms with Crippen LogP contribution in [0.15, 0.2) is 22.7 Å². The highest BCUT2D eigenvalue weighted by molar-refractivity contribution is 5.75. The van der Waals surface area contributed by atoms with E-state index in [1.807, 2.05) is 19.1 Å². The quantitative estimate of drug-likeness (QED) is 0.812. The van der Waals surface area contributed by atoms with Gasteiger partial charge in [-0.1, -0.05) is 5.21 Å². The second-order valence-corrected chi connectivity index (χ2v) is 5.06. The average molecular weight is 291 g/mol. The van der Waals surface area contributed by atoms with Crippen LogP contribution < -0.4 is 5.73 Å². The normalized spacial score (nSPS) is 10.8. The predicted octanol–water partition coefficient (Wildman–Crippen LogP) is 0.729. The number of likely N-dealkylation sites (N-methyl/N-ethyl adjacent to an activating group) is 1. The lowest BCUT2D eigenvalue weighted by Crippen LogP contribution is -2.29. The van der Waals surface area contributed by atoms with Crippen molar-refractivity contribution in [3.63, 3.8) is 0 Å². The number of hydrogen-bond donors (Lipinski definition) is 1. The summed E-state index contributed by atoms with van der Waals surface area (Å²) in [5.74, 6) is 1.57. The van der Waals surface area contributed by atoms with E-state index < -0.39 is 0 Å². The van der Waals surface area contributed by atoms with Crippen LogP contribution in [-0.2, 0) is 24.3 Å². The van der Waals surface area contributed by atoms with Crippen molar-refractivity contribution in [1.82, 2.24) is 19.9 Å². The third-order valence-corrected chi connectivity index (χ3v) is 3.14. The molecule has 0 radical (unpaired) electrons. The summed E-state index contributed by atoms with van der Waals surface area (Å²) >= 11 is 0. The highest BCUT2D eigenvalue weighted by atomic mass is 16.3. The van der Waals surface area contributed by atoms with Gasteiger partial charge in [-0.25, -0.2) is 4.68 Å². The fraction of sp³-hybridized carbons (Fsp3) is 0.500. The molecule has 2 rings (SSSR count). The van der Waals surface area contributed by atoms with Crippen LogP contribution in [0.5, 0.6) is 0 Å². The third kappa shape index (κ3) is 4.42. The van der Waals surface area contributed by atoms with E-state index in [9.17, 15) is 4.79 Å². The van der Waals surface area contributed by atoms with Crippen molar-refractivity contribution in [1.29, 1.82) is 0 Å². The summed E-state index contributed by atoms with van der Waals surface area (Å²) < 4.78 is 7.02. The smallest absolute Gasteiger partial charge is 0.244 e. The Morgan fingerprint density at radius 1 is 1.48 bits per heavy atom. The molecule has 0 spiro atoms. The van der Waals surface area contributed by atoms with Crippen LogP contribution in [0, 0.1) is 6.92 Å². The van der Waals surface area contributed by atoms with E-state index in [1.54, 1.807) is 22.8 Å². The van der Waals surface area contributed by atoms with Crippen molar-refractivity contribution in [2.75, 3.05) is 13.6 Å². The summed E-state index contributed by atoms with van der Waals surface area (Å²) in [6.07, 6.45) is 3.44. The van der Waals surface area contributed by atoms with E-state index in [0.29, 0.717) is 13.1 Å². The molecule has 0 aliphatic carbocycles. The number of carbonyl (C=O) groups excluding carboxylic acids is 1. The van der Waals surface area contributed by atoms with Crippen molar-refractivity contribution in [3.8, 4) is 0 Å². The summed E-state index contributed by atoms with van der Waals surface area (Å²) in [6.45, 7) is 3.12. The van der Waals surface area contributed by atoms with Crippen LogP contribution in [0.2, 0.25) is 0 Å². The van der Waals surface area contributed by atoms with Gasteiger partial charge in [-0.15, -0.1) is 5.10 Å². The Morgan fingerprint density at radius 3 is 2.95 bits per heavy atom. The van der Waals surface area contributed by atoms with Gasteiger partial charge in [0.15, 0.2) is 0 Å². The number of aryl methyl sites for hydroxylation is 2. The maximum atomic E-state index is 12.1. The zero-order valence-corrected chi connectivity index (χ0v) is 12.5. The molecule has 2 N–H and O–H groups in total. The van der Waals surface area contributed by atoms with Crippen LogP contribution in [0.25, 0.3) is 0 Å². The van der Waals surface area contributed by atoms with Crippen molar-refractivity contribution in [2.24, 2.45) is 5.73 Å². The van der Waals surface area contributed by atoms with Gasteiger partial charge in [-0.2, -0.15) is 0 Å². The monoisotopic (exact) mass is 291 g/mol. The van der Waals surface area contributed by atoms with Crippen LogP contribution in [0.3, 0.4) is 0 Å². The molecule has 0 unspecified atom stereocenters. The number of hydrogen-bond acceptors (Lipinski definition) is 5. The van der Waals surface area contributed by atoms with Crippen molar-refractivity contribution < 1.29 is 9.21 Å². The van der Waals surface area contributed by atoms with Gasteiger partial charge in [0, 0.05) is 13.2 Å². The molecule has 0 aliphatic heterocycles. The summed E-state index contributed by atoms with van der Waals surface area (Å²) in [6, 6.07) is 3.76. The van der Waals surface area contributed by atoms with Crippen molar-refractivity contribution in [2.45, 2.75) is 32.9 Å². The highest BCUT2D eigenvalue weighted by Gasteiger charge is 2.13. The summed E-state index contributed by atoms with van der Waals surface area (Å²) in [7, 11) is 1.74. The average Bonchev–Trinajstić information content (AvgIpc) is 3.05. The van der Waals surface area contributed by atoms with Crippen molar-refractivity contribution in [3.05, 3.63) is 35.5 Å². The highest BCUT2D eigenvalue weighted by Crippen LogP contribution is 2.09. The van der Waals surface area contributed by atoms with Gasteiger partial charge in [0.1, 0.15) is 18.1 Å². The Morgan fingerprint density at radius 2 is 2.29 bits per heavy atom. The first kappa shape index (κ1) is 15.2. The molecule has 2 aromatic rings. The van der Waals surface area contributed by atoms with Gasteiger partial charge in [0.05, 0.1) is 12.2 Å². The molecule has 21 heavy (non-hydrogen) atoms. The first-order valence-corrected chi connectivity index (χ1v) is 6.97.